The Hall–Kier alpha value is -1.89. The summed E-state index contributed by atoms with van der Waals surface area (Å²) in [5.74, 6) is 0.588. The Balaban J connectivity index is 2.07. The lowest BCUT2D eigenvalue weighted by molar-refractivity contribution is -0.748. The molecule has 1 heteroatoms. The SMILES string of the molecule is CCCCCc1ccc2c3c1ccc1ccc[n+](c13)C(CC)(CC)C2CC. The summed E-state index contributed by atoms with van der Waals surface area (Å²) in [5.41, 5.74) is 4.79. The number of pyridine rings is 1. The van der Waals surface area contributed by atoms with E-state index in [0.29, 0.717) is 5.92 Å². The topological polar surface area (TPSA) is 3.88 Å². The molecule has 1 nitrogen and oxygen atoms in total. The molecule has 1 aliphatic heterocycles. The van der Waals surface area contributed by atoms with E-state index in [1.807, 2.05) is 0 Å². The van der Waals surface area contributed by atoms with E-state index in [-0.39, 0.29) is 5.54 Å². The summed E-state index contributed by atoms with van der Waals surface area (Å²) < 4.78 is 2.65. The molecule has 2 aromatic carbocycles. The lowest BCUT2D eigenvalue weighted by Gasteiger charge is -2.39. The first kappa shape index (κ1) is 18.5. The van der Waals surface area contributed by atoms with Gasteiger partial charge in [-0.15, -0.1) is 0 Å². The molecule has 142 valence electrons. The van der Waals surface area contributed by atoms with Gasteiger partial charge in [-0.3, -0.25) is 0 Å². The molecule has 1 unspecified atom stereocenters. The van der Waals surface area contributed by atoms with Crippen molar-refractivity contribution in [2.24, 2.45) is 0 Å². The highest BCUT2D eigenvalue weighted by atomic mass is 15.1. The number of unbranched alkanes of at least 4 members (excludes halogenated alkanes) is 2. The Labute approximate surface area is 164 Å². The molecule has 2 heterocycles. The Kier molecular flexibility index (Phi) is 4.97. The molecule has 0 radical (unpaired) electrons. The minimum Gasteiger partial charge on any atom is -0.192 e. The van der Waals surface area contributed by atoms with Crippen LogP contribution in [0, 0.1) is 0 Å². The molecule has 0 aliphatic carbocycles. The number of nitrogens with zero attached hydrogens (tertiary/aromatic N) is 1. The van der Waals surface area contributed by atoms with Crippen LogP contribution in [0.2, 0.25) is 0 Å². The van der Waals surface area contributed by atoms with Gasteiger partial charge in [0.15, 0.2) is 11.7 Å². The molecule has 0 saturated carbocycles. The summed E-state index contributed by atoms with van der Waals surface area (Å²) in [5, 5.41) is 4.42. The number of hydrogen-bond donors (Lipinski definition) is 0. The van der Waals surface area contributed by atoms with Gasteiger partial charge in [-0.2, -0.15) is 4.57 Å². The van der Waals surface area contributed by atoms with Gasteiger partial charge in [0.25, 0.3) is 0 Å². The van der Waals surface area contributed by atoms with Crippen LogP contribution in [0.3, 0.4) is 0 Å². The van der Waals surface area contributed by atoms with Crippen LogP contribution in [0.25, 0.3) is 21.7 Å². The average Bonchev–Trinajstić information content (AvgIpc) is 2.72. The van der Waals surface area contributed by atoms with E-state index in [1.165, 1.54) is 72.2 Å². The average molecular weight is 361 g/mol. The fraction of sp³-hybridized carbons (Fsp3) is 0.500. The highest BCUT2D eigenvalue weighted by molar-refractivity contribution is 6.07. The number of benzene rings is 2. The summed E-state index contributed by atoms with van der Waals surface area (Å²) in [6, 6.07) is 14.2. The molecule has 0 fully saturated rings. The molecule has 27 heavy (non-hydrogen) atoms. The lowest BCUT2D eigenvalue weighted by Crippen LogP contribution is -2.60. The van der Waals surface area contributed by atoms with Crippen LogP contribution in [0.5, 0.6) is 0 Å². The molecule has 0 N–H and O–H groups in total. The first-order valence-corrected chi connectivity index (χ1v) is 11.1. The predicted octanol–water partition coefficient (Wildman–Crippen LogP) is 7.04. The van der Waals surface area contributed by atoms with Crippen molar-refractivity contribution in [3.63, 3.8) is 0 Å². The van der Waals surface area contributed by atoms with E-state index in [4.69, 9.17) is 0 Å². The van der Waals surface area contributed by atoms with Crippen LogP contribution in [-0.2, 0) is 12.0 Å². The second kappa shape index (κ2) is 7.26. The minimum absolute atomic E-state index is 0.194. The van der Waals surface area contributed by atoms with Crippen LogP contribution < -0.4 is 4.57 Å². The summed E-state index contributed by atoms with van der Waals surface area (Å²) >= 11 is 0. The molecule has 0 saturated heterocycles. The first-order valence-electron chi connectivity index (χ1n) is 11.1. The summed E-state index contributed by atoms with van der Waals surface area (Å²) in [6.07, 6.45) is 11.0. The monoisotopic (exact) mass is 360 g/mol. The van der Waals surface area contributed by atoms with Gasteiger partial charge in [0.05, 0.1) is 5.39 Å². The molecule has 1 atom stereocenters. The van der Waals surface area contributed by atoms with Gasteiger partial charge < -0.3 is 0 Å². The maximum atomic E-state index is 2.65. The fourth-order valence-electron chi connectivity index (χ4n) is 5.82. The zero-order chi connectivity index (χ0) is 19.0. The number of hydrogen-bond acceptors (Lipinski definition) is 0. The minimum atomic E-state index is 0.194. The van der Waals surface area contributed by atoms with Gasteiger partial charge in [-0.25, -0.2) is 0 Å². The smallest absolute Gasteiger partial charge is 0.192 e. The number of rotatable bonds is 7. The summed E-state index contributed by atoms with van der Waals surface area (Å²) in [4.78, 5) is 0. The first-order chi connectivity index (χ1) is 13.2. The van der Waals surface area contributed by atoms with Crippen molar-refractivity contribution >= 4 is 21.7 Å². The van der Waals surface area contributed by atoms with Crippen molar-refractivity contribution in [1.82, 2.24) is 0 Å². The van der Waals surface area contributed by atoms with Crippen molar-refractivity contribution < 1.29 is 4.57 Å². The molecule has 0 amide bonds. The molecule has 1 aromatic heterocycles. The van der Waals surface area contributed by atoms with Gasteiger partial charge in [0.2, 0.25) is 5.52 Å². The third kappa shape index (κ3) is 2.62. The van der Waals surface area contributed by atoms with E-state index in [0.717, 1.165) is 0 Å². The van der Waals surface area contributed by atoms with Crippen LogP contribution in [0.4, 0.5) is 0 Å². The largest absolute Gasteiger partial charge is 0.221 e. The summed E-state index contributed by atoms with van der Waals surface area (Å²) in [7, 11) is 0. The third-order valence-electron chi connectivity index (χ3n) is 7.25. The van der Waals surface area contributed by atoms with E-state index in [1.54, 1.807) is 5.56 Å². The molecular weight excluding hydrogens is 326 g/mol. The molecular formula is C26H34N+. The normalized spacial score (nSPS) is 17.9. The van der Waals surface area contributed by atoms with Crippen molar-refractivity contribution in [3.05, 3.63) is 53.7 Å². The quantitative estimate of drug-likeness (QED) is 0.242. The Morgan fingerprint density at radius 3 is 2.44 bits per heavy atom. The van der Waals surface area contributed by atoms with Crippen LogP contribution in [0.1, 0.15) is 83.3 Å². The zero-order valence-corrected chi connectivity index (χ0v) is 17.5. The van der Waals surface area contributed by atoms with Crippen LogP contribution in [-0.4, -0.2) is 0 Å². The second-order valence-corrected chi connectivity index (χ2v) is 8.35. The Morgan fingerprint density at radius 2 is 1.74 bits per heavy atom. The van der Waals surface area contributed by atoms with Gasteiger partial charge in [0, 0.05) is 30.2 Å². The predicted molar refractivity (Wildman–Crippen MR) is 116 cm³/mol. The van der Waals surface area contributed by atoms with Crippen molar-refractivity contribution in [2.75, 3.05) is 0 Å². The van der Waals surface area contributed by atoms with E-state index < -0.39 is 0 Å². The maximum Gasteiger partial charge on any atom is 0.221 e. The van der Waals surface area contributed by atoms with Crippen molar-refractivity contribution in [2.45, 2.75) is 84.1 Å². The molecule has 0 spiro atoms. The van der Waals surface area contributed by atoms with Crippen molar-refractivity contribution in [3.8, 4) is 0 Å². The maximum absolute atomic E-state index is 2.65. The third-order valence-corrected chi connectivity index (χ3v) is 7.25. The number of aromatic nitrogens is 1. The van der Waals surface area contributed by atoms with E-state index >= 15 is 0 Å². The van der Waals surface area contributed by atoms with Gasteiger partial charge in [-0.05, 0) is 47.9 Å². The second-order valence-electron chi connectivity index (χ2n) is 8.35. The zero-order valence-electron chi connectivity index (χ0n) is 17.5. The van der Waals surface area contributed by atoms with Crippen LogP contribution in [0.15, 0.2) is 42.6 Å². The fourth-order valence-corrected chi connectivity index (χ4v) is 5.82. The summed E-state index contributed by atoms with van der Waals surface area (Å²) in [6.45, 7) is 9.42. The van der Waals surface area contributed by atoms with Gasteiger partial charge in [0.1, 0.15) is 0 Å². The molecule has 4 rings (SSSR count). The molecule has 0 bridgehead atoms. The van der Waals surface area contributed by atoms with Gasteiger partial charge in [-0.1, -0.05) is 58.7 Å². The Morgan fingerprint density at radius 1 is 0.926 bits per heavy atom. The number of aryl methyl sites for hydroxylation is 1. The highest BCUT2D eigenvalue weighted by Crippen LogP contribution is 2.47. The van der Waals surface area contributed by atoms with Crippen LogP contribution >= 0.6 is 0 Å². The lowest BCUT2D eigenvalue weighted by atomic mass is 9.69. The van der Waals surface area contributed by atoms with E-state index in [2.05, 4.69) is 74.9 Å². The molecule has 3 aromatic rings. The highest BCUT2D eigenvalue weighted by Gasteiger charge is 2.49. The van der Waals surface area contributed by atoms with E-state index in [9.17, 15) is 0 Å². The molecule has 1 aliphatic rings. The van der Waals surface area contributed by atoms with Gasteiger partial charge >= 0.3 is 0 Å². The van der Waals surface area contributed by atoms with Crippen molar-refractivity contribution in [1.29, 1.82) is 0 Å². The standard InChI is InChI=1S/C26H34N/c1-5-9-10-12-19-14-17-22-23(6-2)26(7-3,8-4)27-18-11-13-20-15-16-21(19)24(22)25(20)27/h11,13-18,23H,5-10,12H2,1-4H3/q+1. The Bertz CT molecular complexity index is 965.